The molecular formula is C16H21ClN2O2. The zero-order chi connectivity index (χ0) is 15.2. The van der Waals surface area contributed by atoms with Gasteiger partial charge in [-0.05, 0) is 25.0 Å². The van der Waals surface area contributed by atoms with Crippen LogP contribution < -0.4 is 10.6 Å². The summed E-state index contributed by atoms with van der Waals surface area (Å²) >= 11 is 6.00. The predicted octanol–water partition coefficient (Wildman–Crippen LogP) is 3.22. The van der Waals surface area contributed by atoms with Crippen LogP contribution in [0.15, 0.2) is 24.3 Å². The van der Waals surface area contributed by atoms with Crippen molar-refractivity contribution < 1.29 is 9.59 Å². The summed E-state index contributed by atoms with van der Waals surface area (Å²) in [6.07, 6.45) is 3.85. The van der Waals surface area contributed by atoms with Crippen LogP contribution >= 0.6 is 11.6 Å². The van der Waals surface area contributed by atoms with Crippen molar-refractivity contribution >= 4 is 29.1 Å². The molecule has 2 atom stereocenters. The predicted molar refractivity (Wildman–Crippen MR) is 84.2 cm³/mol. The molecule has 0 saturated heterocycles. The Morgan fingerprint density at radius 1 is 1.19 bits per heavy atom. The van der Waals surface area contributed by atoms with Crippen LogP contribution in [0.5, 0.6) is 0 Å². The molecule has 0 aliphatic heterocycles. The maximum absolute atomic E-state index is 12.1. The fourth-order valence-electron chi connectivity index (χ4n) is 2.28. The summed E-state index contributed by atoms with van der Waals surface area (Å²) in [7, 11) is 0. The lowest BCUT2D eigenvalue weighted by Crippen LogP contribution is -2.28. The Kier molecular flexibility index (Phi) is 5.62. The first kappa shape index (κ1) is 15.8. The molecule has 2 rings (SSSR count). The van der Waals surface area contributed by atoms with Crippen molar-refractivity contribution in [2.75, 3.05) is 11.9 Å². The monoisotopic (exact) mass is 308 g/mol. The summed E-state index contributed by atoms with van der Waals surface area (Å²) in [6.45, 7) is 2.82. The molecule has 2 amide bonds. The molecule has 4 nitrogen and oxygen atoms in total. The number of carbonyl (C=O) groups is 2. The molecule has 114 valence electrons. The summed E-state index contributed by atoms with van der Waals surface area (Å²) < 4.78 is 0. The number of rotatable bonds is 7. The highest BCUT2D eigenvalue weighted by atomic mass is 35.5. The molecule has 0 aromatic heterocycles. The van der Waals surface area contributed by atoms with Gasteiger partial charge in [0.05, 0.1) is 22.5 Å². The van der Waals surface area contributed by atoms with Crippen LogP contribution in [0.3, 0.4) is 0 Å². The van der Waals surface area contributed by atoms with Crippen molar-refractivity contribution in [1.29, 1.82) is 0 Å². The number of hydrogen-bond donors (Lipinski definition) is 2. The van der Waals surface area contributed by atoms with Crippen LogP contribution in [0, 0.1) is 11.8 Å². The molecule has 5 heteroatoms. The molecule has 0 heterocycles. The molecular weight excluding hydrogens is 288 g/mol. The van der Waals surface area contributed by atoms with E-state index in [4.69, 9.17) is 11.6 Å². The maximum atomic E-state index is 12.1. The number of amides is 2. The highest BCUT2D eigenvalue weighted by Gasteiger charge is 2.47. The fraction of sp³-hybridized carbons (Fsp3) is 0.500. The van der Waals surface area contributed by atoms with Crippen molar-refractivity contribution in [3.05, 3.63) is 29.3 Å². The number of unbranched alkanes of at least 4 members (excludes halogenated alkanes) is 2. The second-order valence-electron chi connectivity index (χ2n) is 5.42. The molecule has 1 saturated carbocycles. The van der Waals surface area contributed by atoms with Gasteiger partial charge < -0.3 is 10.6 Å². The van der Waals surface area contributed by atoms with E-state index in [1.807, 2.05) is 12.1 Å². The Morgan fingerprint density at radius 2 is 1.90 bits per heavy atom. The van der Waals surface area contributed by atoms with E-state index in [1.165, 1.54) is 0 Å². The van der Waals surface area contributed by atoms with Gasteiger partial charge in [0.15, 0.2) is 0 Å². The van der Waals surface area contributed by atoms with E-state index in [-0.39, 0.29) is 23.7 Å². The van der Waals surface area contributed by atoms with Gasteiger partial charge in [-0.1, -0.05) is 43.5 Å². The van der Waals surface area contributed by atoms with Crippen LogP contribution in [0.2, 0.25) is 5.02 Å². The summed E-state index contributed by atoms with van der Waals surface area (Å²) in [5, 5.41) is 6.18. The van der Waals surface area contributed by atoms with Crippen molar-refractivity contribution in [2.45, 2.75) is 32.6 Å². The number of anilines is 1. The van der Waals surface area contributed by atoms with E-state index in [9.17, 15) is 9.59 Å². The second-order valence-corrected chi connectivity index (χ2v) is 5.82. The lowest BCUT2D eigenvalue weighted by Gasteiger charge is -2.07. The van der Waals surface area contributed by atoms with E-state index < -0.39 is 0 Å². The smallest absolute Gasteiger partial charge is 0.228 e. The average Bonchev–Trinajstić information content (AvgIpc) is 3.26. The van der Waals surface area contributed by atoms with Crippen molar-refractivity contribution in [3.63, 3.8) is 0 Å². The number of nitrogens with one attached hydrogen (secondary N) is 2. The van der Waals surface area contributed by atoms with Crippen molar-refractivity contribution in [3.8, 4) is 0 Å². The number of benzene rings is 1. The highest BCUT2D eigenvalue weighted by molar-refractivity contribution is 6.33. The van der Waals surface area contributed by atoms with Crippen molar-refractivity contribution in [1.82, 2.24) is 5.32 Å². The van der Waals surface area contributed by atoms with E-state index in [1.54, 1.807) is 12.1 Å². The lowest BCUT2D eigenvalue weighted by atomic mass is 10.2. The topological polar surface area (TPSA) is 58.2 Å². The quantitative estimate of drug-likeness (QED) is 0.760. The minimum absolute atomic E-state index is 0.00888. The van der Waals surface area contributed by atoms with E-state index in [0.29, 0.717) is 23.7 Å². The van der Waals surface area contributed by atoms with E-state index in [0.717, 1.165) is 19.3 Å². The largest absolute Gasteiger partial charge is 0.356 e. The molecule has 0 radical (unpaired) electrons. The number of halogens is 1. The second kappa shape index (κ2) is 7.46. The normalized spacial score (nSPS) is 19.9. The van der Waals surface area contributed by atoms with Crippen LogP contribution in [0.4, 0.5) is 5.69 Å². The Morgan fingerprint density at radius 3 is 2.62 bits per heavy atom. The van der Waals surface area contributed by atoms with Gasteiger partial charge >= 0.3 is 0 Å². The molecule has 1 aromatic rings. The molecule has 2 N–H and O–H groups in total. The van der Waals surface area contributed by atoms with Crippen LogP contribution in [0.1, 0.15) is 32.6 Å². The third-order valence-corrected chi connectivity index (χ3v) is 4.00. The van der Waals surface area contributed by atoms with Gasteiger partial charge in [-0.15, -0.1) is 0 Å². The zero-order valence-electron chi connectivity index (χ0n) is 12.2. The Hall–Kier alpha value is -1.55. The van der Waals surface area contributed by atoms with Crippen LogP contribution in [0.25, 0.3) is 0 Å². The van der Waals surface area contributed by atoms with Crippen molar-refractivity contribution in [2.24, 2.45) is 11.8 Å². The number of para-hydroxylation sites is 1. The first-order valence-electron chi connectivity index (χ1n) is 7.46. The third kappa shape index (κ3) is 4.46. The highest BCUT2D eigenvalue weighted by Crippen LogP contribution is 2.39. The van der Waals surface area contributed by atoms with Gasteiger partial charge in [-0.2, -0.15) is 0 Å². The van der Waals surface area contributed by atoms with Gasteiger partial charge in [0.2, 0.25) is 11.8 Å². The molecule has 21 heavy (non-hydrogen) atoms. The molecule has 0 spiro atoms. The molecule has 2 unspecified atom stereocenters. The summed E-state index contributed by atoms with van der Waals surface area (Å²) in [4.78, 5) is 24.0. The minimum atomic E-state index is -0.229. The standard InChI is InChI=1S/C16H21ClN2O2/c1-2-3-6-9-18-15(20)11-10-12(11)16(21)19-14-8-5-4-7-13(14)17/h4-5,7-8,11-12H,2-3,6,9-10H2,1H3,(H,18,20)(H,19,21). The van der Waals surface area contributed by atoms with Gasteiger partial charge in [-0.25, -0.2) is 0 Å². The van der Waals surface area contributed by atoms with Gasteiger partial charge in [0.1, 0.15) is 0 Å². The van der Waals surface area contributed by atoms with Gasteiger partial charge in [-0.3, -0.25) is 9.59 Å². The van der Waals surface area contributed by atoms with E-state index in [2.05, 4.69) is 17.6 Å². The Bertz CT molecular complexity index is 519. The first-order chi connectivity index (χ1) is 10.1. The Balaban J connectivity index is 1.76. The number of carbonyl (C=O) groups excluding carboxylic acids is 2. The average molecular weight is 309 g/mol. The zero-order valence-corrected chi connectivity index (χ0v) is 13.0. The summed E-state index contributed by atoms with van der Waals surface area (Å²) in [5.41, 5.74) is 0.596. The summed E-state index contributed by atoms with van der Waals surface area (Å²) in [6, 6.07) is 7.10. The fourth-order valence-corrected chi connectivity index (χ4v) is 2.46. The van der Waals surface area contributed by atoms with Gasteiger partial charge in [0, 0.05) is 6.54 Å². The van der Waals surface area contributed by atoms with Crippen LogP contribution in [-0.2, 0) is 9.59 Å². The summed E-state index contributed by atoms with van der Waals surface area (Å²) in [5.74, 6) is -0.552. The maximum Gasteiger partial charge on any atom is 0.228 e. The molecule has 1 aliphatic rings. The molecule has 0 bridgehead atoms. The van der Waals surface area contributed by atoms with E-state index >= 15 is 0 Å². The molecule has 1 fully saturated rings. The SMILES string of the molecule is CCCCCNC(=O)C1CC1C(=O)Nc1ccccc1Cl. The lowest BCUT2D eigenvalue weighted by molar-refractivity contribution is -0.125. The minimum Gasteiger partial charge on any atom is -0.356 e. The Labute approximate surface area is 130 Å². The van der Waals surface area contributed by atoms with Gasteiger partial charge in [0.25, 0.3) is 0 Å². The number of hydrogen-bond acceptors (Lipinski definition) is 2. The first-order valence-corrected chi connectivity index (χ1v) is 7.84. The third-order valence-electron chi connectivity index (χ3n) is 3.68. The molecule has 1 aromatic carbocycles. The molecule has 1 aliphatic carbocycles. The van der Waals surface area contributed by atoms with Crippen LogP contribution in [-0.4, -0.2) is 18.4 Å².